The van der Waals surface area contributed by atoms with Gasteiger partial charge in [0.1, 0.15) is 11.6 Å². The maximum atomic E-state index is 13.9. The predicted octanol–water partition coefficient (Wildman–Crippen LogP) is 5.96. The molecule has 1 atom stereocenters. The molecule has 0 radical (unpaired) electrons. The third kappa shape index (κ3) is 5.10. The molecule has 0 N–H and O–H groups in total. The van der Waals surface area contributed by atoms with Crippen LogP contribution >= 0.6 is 11.6 Å². The zero-order chi connectivity index (χ0) is 27.4. The van der Waals surface area contributed by atoms with E-state index >= 15 is 0 Å². The van der Waals surface area contributed by atoms with E-state index in [1.807, 2.05) is 19.9 Å². The van der Waals surface area contributed by atoms with Crippen molar-refractivity contribution >= 4 is 34.1 Å². The number of carbonyl (C=O) groups is 1. The van der Waals surface area contributed by atoms with Crippen molar-refractivity contribution in [1.82, 2.24) is 14.5 Å². The van der Waals surface area contributed by atoms with Crippen LogP contribution in [0.2, 0.25) is 5.02 Å². The van der Waals surface area contributed by atoms with Gasteiger partial charge in [-0.2, -0.15) is 0 Å². The van der Waals surface area contributed by atoms with Crippen LogP contribution in [-0.2, 0) is 0 Å². The average molecular weight is 535 g/mol. The number of benzene rings is 3. The molecule has 0 aliphatic rings. The largest absolute Gasteiger partial charge is 0.492 e. The number of hydrogen-bond donors (Lipinski definition) is 0. The summed E-state index contributed by atoms with van der Waals surface area (Å²) >= 11 is 6.31. The van der Waals surface area contributed by atoms with Gasteiger partial charge in [0.05, 0.1) is 44.7 Å². The Kier molecular flexibility index (Phi) is 8.07. The topological polar surface area (TPSA) is 108 Å². The van der Waals surface area contributed by atoms with Gasteiger partial charge in [-0.1, -0.05) is 42.8 Å². The van der Waals surface area contributed by atoms with Crippen LogP contribution in [0, 0.1) is 10.1 Å². The highest BCUT2D eigenvalue weighted by molar-refractivity contribution is 6.34. The van der Waals surface area contributed by atoms with Crippen molar-refractivity contribution in [2.24, 2.45) is 0 Å². The van der Waals surface area contributed by atoms with Gasteiger partial charge < -0.3 is 9.64 Å². The minimum absolute atomic E-state index is 0.0249. The Hall–Kier alpha value is -4.24. The van der Waals surface area contributed by atoms with Gasteiger partial charge in [0.25, 0.3) is 17.2 Å². The van der Waals surface area contributed by atoms with E-state index < -0.39 is 16.9 Å². The molecule has 0 saturated heterocycles. The summed E-state index contributed by atoms with van der Waals surface area (Å²) in [6.45, 7) is 6.32. The maximum Gasteiger partial charge on any atom is 0.270 e. The SMILES string of the molecule is CCCN(C(=O)c1ccc([N+](=O)[O-])cc1Cl)C(C)c1nc2ccccc2c(=O)n1-c1ccccc1OCC. The van der Waals surface area contributed by atoms with Gasteiger partial charge in [0.15, 0.2) is 0 Å². The van der Waals surface area contributed by atoms with E-state index in [1.165, 1.54) is 16.7 Å². The highest BCUT2D eigenvalue weighted by atomic mass is 35.5. The third-order valence-electron chi connectivity index (χ3n) is 6.17. The summed E-state index contributed by atoms with van der Waals surface area (Å²) < 4.78 is 7.32. The van der Waals surface area contributed by atoms with Gasteiger partial charge in [-0.15, -0.1) is 0 Å². The number of non-ortho nitro benzene ring substituents is 1. The summed E-state index contributed by atoms with van der Waals surface area (Å²) in [5.41, 5.74) is 0.640. The Labute approximate surface area is 224 Å². The molecule has 0 saturated carbocycles. The highest BCUT2D eigenvalue weighted by Crippen LogP contribution is 2.30. The predicted molar refractivity (Wildman–Crippen MR) is 146 cm³/mol. The van der Waals surface area contributed by atoms with Crippen molar-refractivity contribution in [1.29, 1.82) is 0 Å². The van der Waals surface area contributed by atoms with Crippen molar-refractivity contribution in [2.75, 3.05) is 13.2 Å². The minimum Gasteiger partial charge on any atom is -0.492 e. The van der Waals surface area contributed by atoms with Crippen LogP contribution in [0.25, 0.3) is 16.6 Å². The molecule has 1 amide bonds. The van der Waals surface area contributed by atoms with Crippen molar-refractivity contribution < 1.29 is 14.5 Å². The van der Waals surface area contributed by atoms with E-state index in [2.05, 4.69) is 0 Å². The normalized spacial score (nSPS) is 11.8. The molecule has 0 aliphatic carbocycles. The van der Waals surface area contributed by atoms with Crippen LogP contribution in [0.15, 0.2) is 71.5 Å². The fourth-order valence-corrected chi connectivity index (χ4v) is 4.64. The van der Waals surface area contributed by atoms with Crippen LogP contribution in [-0.4, -0.2) is 38.4 Å². The molecule has 1 unspecified atom stereocenters. The Bertz CT molecular complexity index is 1570. The summed E-state index contributed by atoms with van der Waals surface area (Å²) in [5.74, 6) is 0.432. The zero-order valence-corrected chi connectivity index (χ0v) is 22.0. The van der Waals surface area contributed by atoms with E-state index in [1.54, 1.807) is 54.3 Å². The first kappa shape index (κ1) is 26.8. The van der Waals surface area contributed by atoms with Gasteiger partial charge >= 0.3 is 0 Å². The van der Waals surface area contributed by atoms with E-state index in [0.717, 1.165) is 6.07 Å². The second kappa shape index (κ2) is 11.4. The van der Waals surface area contributed by atoms with Gasteiger partial charge in [-0.25, -0.2) is 4.98 Å². The lowest BCUT2D eigenvalue weighted by Crippen LogP contribution is -2.38. The van der Waals surface area contributed by atoms with Gasteiger partial charge in [-0.3, -0.25) is 24.3 Å². The lowest BCUT2D eigenvalue weighted by atomic mass is 10.1. The first-order chi connectivity index (χ1) is 18.3. The number of hydrogen-bond acceptors (Lipinski definition) is 6. The minimum atomic E-state index is -0.666. The van der Waals surface area contributed by atoms with Crippen molar-refractivity contribution in [3.63, 3.8) is 0 Å². The van der Waals surface area contributed by atoms with Gasteiger partial charge in [0.2, 0.25) is 0 Å². The van der Waals surface area contributed by atoms with Crippen LogP contribution in [0.1, 0.15) is 49.4 Å². The lowest BCUT2D eigenvalue weighted by Gasteiger charge is -2.31. The van der Waals surface area contributed by atoms with Crippen molar-refractivity contribution in [2.45, 2.75) is 33.2 Å². The molecular weight excluding hydrogens is 508 g/mol. The fourth-order valence-electron chi connectivity index (χ4n) is 4.38. The third-order valence-corrected chi connectivity index (χ3v) is 6.48. The lowest BCUT2D eigenvalue weighted by molar-refractivity contribution is -0.384. The quantitative estimate of drug-likeness (QED) is 0.194. The van der Waals surface area contributed by atoms with Crippen molar-refractivity contribution in [3.8, 4) is 11.4 Å². The molecule has 4 rings (SSSR count). The number of carbonyl (C=O) groups excluding carboxylic acids is 1. The Morgan fingerprint density at radius 1 is 1.13 bits per heavy atom. The number of amides is 1. The number of halogens is 1. The van der Waals surface area contributed by atoms with Crippen molar-refractivity contribution in [3.05, 3.63) is 104 Å². The zero-order valence-electron chi connectivity index (χ0n) is 21.3. The van der Waals surface area contributed by atoms with Crippen LogP contribution in [0.5, 0.6) is 5.75 Å². The number of rotatable bonds is 9. The Morgan fingerprint density at radius 2 is 1.84 bits per heavy atom. The molecule has 9 nitrogen and oxygen atoms in total. The fraction of sp³-hybridized carbons (Fsp3) is 0.250. The molecule has 0 spiro atoms. The van der Waals surface area contributed by atoms with E-state index in [0.29, 0.717) is 47.7 Å². The molecule has 196 valence electrons. The molecule has 1 heterocycles. The summed E-state index contributed by atoms with van der Waals surface area (Å²) in [4.78, 5) is 44.6. The maximum absolute atomic E-state index is 13.9. The first-order valence-electron chi connectivity index (χ1n) is 12.3. The smallest absolute Gasteiger partial charge is 0.270 e. The van der Waals surface area contributed by atoms with E-state index in [4.69, 9.17) is 21.3 Å². The molecule has 4 aromatic rings. The molecule has 0 bridgehead atoms. The molecule has 10 heteroatoms. The van der Waals surface area contributed by atoms with Gasteiger partial charge in [0, 0.05) is 18.7 Å². The summed E-state index contributed by atoms with van der Waals surface area (Å²) in [6.07, 6.45) is 0.619. The Balaban J connectivity index is 1.91. The number of ether oxygens (including phenoxy) is 1. The number of nitro groups is 1. The van der Waals surface area contributed by atoms with E-state index in [-0.39, 0.29) is 21.8 Å². The highest BCUT2D eigenvalue weighted by Gasteiger charge is 2.29. The number of nitrogens with zero attached hydrogens (tertiary/aromatic N) is 4. The molecule has 0 fully saturated rings. The average Bonchev–Trinajstić information content (AvgIpc) is 2.91. The van der Waals surface area contributed by atoms with E-state index in [9.17, 15) is 19.7 Å². The number of nitro benzene ring substituents is 1. The summed E-state index contributed by atoms with van der Waals surface area (Å²) in [6, 6.07) is 17.3. The second-order valence-electron chi connectivity index (χ2n) is 8.62. The monoisotopic (exact) mass is 534 g/mol. The molecule has 3 aromatic carbocycles. The second-order valence-corrected chi connectivity index (χ2v) is 9.03. The van der Waals surface area contributed by atoms with Crippen LogP contribution < -0.4 is 10.3 Å². The summed E-state index contributed by atoms with van der Waals surface area (Å²) in [7, 11) is 0. The number of fused-ring (bicyclic) bond motifs is 1. The van der Waals surface area contributed by atoms with Crippen LogP contribution in [0.4, 0.5) is 5.69 Å². The Morgan fingerprint density at radius 3 is 2.53 bits per heavy atom. The number of para-hydroxylation sites is 3. The molecule has 38 heavy (non-hydrogen) atoms. The summed E-state index contributed by atoms with van der Waals surface area (Å²) in [5, 5.41) is 11.6. The molecule has 1 aromatic heterocycles. The van der Waals surface area contributed by atoms with Crippen LogP contribution in [0.3, 0.4) is 0 Å². The van der Waals surface area contributed by atoms with Gasteiger partial charge in [-0.05, 0) is 50.6 Å². The first-order valence-corrected chi connectivity index (χ1v) is 12.6. The molecule has 0 aliphatic heterocycles. The standard InChI is InChI=1S/C28H27ClN4O5/c1-4-16-31(27(34)20-15-14-19(33(36)37)17-22(20)29)18(3)26-30-23-11-7-6-10-21(23)28(35)32(26)24-12-8-9-13-25(24)38-5-2/h6-15,17-18H,4-5,16H2,1-3H3. The molecular formula is C28H27ClN4O5. The number of aromatic nitrogens is 2.